The molecular formula is C13H26N2O4. The number of urea groups is 1. The molecule has 0 aromatic heterocycles. The quantitative estimate of drug-likeness (QED) is 0.730. The van der Waals surface area contributed by atoms with Crippen LogP contribution in [-0.2, 0) is 9.53 Å². The number of carboxylic acid groups (broad SMARTS) is 1. The maximum absolute atomic E-state index is 12.5. The summed E-state index contributed by atoms with van der Waals surface area (Å²) in [5.41, 5.74) is 0. The summed E-state index contributed by atoms with van der Waals surface area (Å²) in [5.74, 6) is -1.00. The van der Waals surface area contributed by atoms with Crippen LogP contribution in [0.15, 0.2) is 0 Å². The summed E-state index contributed by atoms with van der Waals surface area (Å²) in [7, 11) is 1.58. The zero-order chi connectivity index (χ0) is 15.0. The van der Waals surface area contributed by atoms with E-state index in [1.165, 1.54) is 4.90 Å². The largest absolute Gasteiger partial charge is 0.480 e. The number of rotatable bonds is 8. The molecule has 2 amide bonds. The van der Waals surface area contributed by atoms with Gasteiger partial charge in [-0.15, -0.1) is 0 Å². The van der Waals surface area contributed by atoms with E-state index < -0.39 is 5.97 Å². The highest BCUT2D eigenvalue weighted by Gasteiger charge is 2.27. The van der Waals surface area contributed by atoms with Crippen LogP contribution >= 0.6 is 0 Å². The zero-order valence-electron chi connectivity index (χ0n) is 12.5. The van der Waals surface area contributed by atoms with Crippen molar-refractivity contribution >= 4 is 12.0 Å². The standard InChI is InChI=1S/C13H26N2O4/c1-6-11(4)14(7-8-19-5)13(18)15(10(2)3)9-12(16)17/h10-11H,6-9H2,1-5H3,(H,16,17). The Hall–Kier alpha value is -1.30. The summed E-state index contributed by atoms with van der Waals surface area (Å²) in [6.07, 6.45) is 0.814. The van der Waals surface area contributed by atoms with Gasteiger partial charge in [0.05, 0.1) is 6.61 Å². The Morgan fingerprint density at radius 3 is 2.16 bits per heavy atom. The van der Waals surface area contributed by atoms with Crippen LogP contribution in [0.5, 0.6) is 0 Å². The molecule has 1 atom stereocenters. The second kappa shape index (κ2) is 8.74. The summed E-state index contributed by atoms with van der Waals surface area (Å²) in [4.78, 5) is 26.4. The number of amides is 2. The van der Waals surface area contributed by atoms with Gasteiger partial charge in [-0.05, 0) is 27.2 Å². The smallest absolute Gasteiger partial charge is 0.323 e. The van der Waals surface area contributed by atoms with Crippen LogP contribution in [0.2, 0.25) is 0 Å². The molecule has 0 radical (unpaired) electrons. The molecule has 1 unspecified atom stereocenters. The minimum absolute atomic E-state index is 0.0534. The van der Waals surface area contributed by atoms with Gasteiger partial charge in [0, 0.05) is 25.7 Å². The highest BCUT2D eigenvalue weighted by Crippen LogP contribution is 2.10. The molecule has 0 bridgehead atoms. The molecule has 0 aliphatic rings. The number of nitrogens with zero attached hydrogens (tertiary/aromatic N) is 2. The summed E-state index contributed by atoms with van der Waals surface area (Å²) in [6.45, 7) is 8.19. The molecule has 6 heteroatoms. The average Bonchev–Trinajstić information content (AvgIpc) is 2.35. The van der Waals surface area contributed by atoms with E-state index >= 15 is 0 Å². The van der Waals surface area contributed by atoms with Gasteiger partial charge in [-0.2, -0.15) is 0 Å². The molecule has 0 saturated heterocycles. The predicted octanol–water partition coefficient (Wildman–Crippen LogP) is 1.65. The van der Waals surface area contributed by atoms with E-state index in [0.717, 1.165) is 6.42 Å². The number of ether oxygens (including phenoxy) is 1. The molecule has 112 valence electrons. The Labute approximate surface area is 115 Å². The van der Waals surface area contributed by atoms with Crippen molar-refractivity contribution in [2.75, 3.05) is 26.8 Å². The lowest BCUT2D eigenvalue weighted by atomic mass is 10.2. The molecule has 0 fully saturated rings. The van der Waals surface area contributed by atoms with Gasteiger partial charge in [0.1, 0.15) is 6.54 Å². The average molecular weight is 274 g/mol. The van der Waals surface area contributed by atoms with Crippen molar-refractivity contribution in [2.24, 2.45) is 0 Å². The fourth-order valence-electron chi connectivity index (χ4n) is 1.70. The minimum Gasteiger partial charge on any atom is -0.480 e. The monoisotopic (exact) mass is 274 g/mol. The highest BCUT2D eigenvalue weighted by atomic mass is 16.5. The van der Waals surface area contributed by atoms with Gasteiger partial charge in [-0.3, -0.25) is 4.79 Å². The SMILES string of the molecule is CCC(C)N(CCOC)C(=O)N(CC(=O)O)C(C)C. The van der Waals surface area contributed by atoms with Crippen LogP contribution in [-0.4, -0.2) is 65.8 Å². The van der Waals surface area contributed by atoms with E-state index in [4.69, 9.17) is 9.84 Å². The maximum atomic E-state index is 12.5. The van der Waals surface area contributed by atoms with Gasteiger partial charge < -0.3 is 19.6 Å². The van der Waals surface area contributed by atoms with Crippen molar-refractivity contribution < 1.29 is 19.4 Å². The fraction of sp³-hybridized carbons (Fsp3) is 0.846. The lowest BCUT2D eigenvalue weighted by Crippen LogP contribution is -2.52. The van der Waals surface area contributed by atoms with E-state index in [2.05, 4.69) is 0 Å². The summed E-state index contributed by atoms with van der Waals surface area (Å²) < 4.78 is 5.01. The number of carbonyl (C=O) groups excluding carboxylic acids is 1. The van der Waals surface area contributed by atoms with Crippen LogP contribution in [0.1, 0.15) is 34.1 Å². The molecule has 0 aromatic rings. The first-order valence-electron chi connectivity index (χ1n) is 6.63. The summed E-state index contributed by atoms with van der Waals surface area (Å²) in [5, 5.41) is 8.90. The first kappa shape index (κ1) is 17.7. The normalized spacial score (nSPS) is 12.3. The molecule has 1 N–H and O–H groups in total. The van der Waals surface area contributed by atoms with Crippen molar-refractivity contribution in [3.8, 4) is 0 Å². The van der Waals surface area contributed by atoms with Crippen molar-refractivity contribution in [1.29, 1.82) is 0 Å². The van der Waals surface area contributed by atoms with Gasteiger partial charge in [-0.1, -0.05) is 6.92 Å². The van der Waals surface area contributed by atoms with Gasteiger partial charge in [0.15, 0.2) is 0 Å². The predicted molar refractivity (Wildman–Crippen MR) is 73.2 cm³/mol. The van der Waals surface area contributed by atoms with Crippen LogP contribution in [0, 0.1) is 0 Å². The van der Waals surface area contributed by atoms with Crippen molar-refractivity contribution in [3.05, 3.63) is 0 Å². The van der Waals surface area contributed by atoms with Crippen molar-refractivity contribution in [3.63, 3.8) is 0 Å². The van der Waals surface area contributed by atoms with Gasteiger partial charge in [-0.25, -0.2) is 4.79 Å². The fourth-order valence-corrected chi connectivity index (χ4v) is 1.70. The number of carbonyl (C=O) groups is 2. The molecule has 19 heavy (non-hydrogen) atoms. The Kier molecular flexibility index (Phi) is 8.14. The first-order valence-corrected chi connectivity index (χ1v) is 6.63. The number of methoxy groups -OCH3 is 1. The van der Waals surface area contributed by atoms with Crippen LogP contribution in [0.3, 0.4) is 0 Å². The van der Waals surface area contributed by atoms with E-state index in [1.807, 2.05) is 27.7 Å². The topological polar surface area (TPSA) is 70.1 Å². The zero-order valence-corrected chi connectivity index (χ0v) is 12.5. The Bertz CT molecular complexity index is 294. The van der Waals surface area contributed by atoms with E-state index in [1.54, 1.807) is 12.0 Å². The van der Waals surface area contributed by atoms with Crippen molar-refractivity contribution in [1.82, 2.24) is 9.80 Å². The lowest BCUT2D eigenvalue weighted by Gasteiger charge is -2.35. The molecule has 0 heterocycles. The number of hydrogen-bond donors (Lipinski definition) is 1. The van der Waals surface area contributed by atoms with Crippen LogP contribution < -0.4 is 0 Å². The maximum Gasteiger partial charge on any atom is 0.323 e. The molecule has 0 rings (SSSR count). The van der Waals surface area contributed by atoms with E-state index in [9.17, 15) is 9.59 Å². The second-order valence-corrected chi connectivity index (χ2v) is 4.84. The molecular weight excluding hydrogens is 248 g/mol. The third kappa shape index (κ3) is 5.92. The van der Waals surface area contributed by atoms with E-state index in [-0.39, 0.29) is 24.7 Å². The molecule has 0 spiro atoms. The molecule has 0 aromatic carbocycles. The lowest BCUT2D eigenvalue weighted by molar-refractivity contribution is -0.138. The minimum atomic E-state index is -1.00. The number of carboxylic acids is 1. The number of hydrogen-bond acceptors (Lipinski definition) is 3. The Morgan fingerprint density at radius 1 is 1.21 bits per heavy atom. The van der Waals surface area contributed by atoms with Gasteiger partial charge >= 0.3 is 12.0 Å². The highest BCUT2D eigenvalue weighted by molar-refractivity contribution is 5.80. The van der Waals surface area contributed by atoms with Crippen LogP contribution in [0.4, 0.5) is 4.79 Å². The Morgan fingerprint density at radius 2 is 1.79 bits per heavy atom. The van der Waals surface area contributed by atoms with E-state index in [0.29, 0.717) is 13.2 Å². The molecule has 0 saturated carbocycles. The Balaban J connectivity index is 4.94. The van der Waals surface area contributed by atoms with Crippen molar-refractivity contribution in [2.45, 2.75) is 46.2 Å². The first-order chi connectivity index (χ1) is 8.84. The van der Waals surface area contributed by atoms with Gasteiger partial charge in [0.25, 0.3) is 0 Å². The molecule has 6 nitrogen and oxygen atoms in total. The summed E-state index contributed by atoms with van der Waals surface area (Å²) in [6, 6.07) is -0.348. The number of aliphatic carboxylic acids is 1. The third-order valence-electron chi connectivity index (χ3n) is 3.08. The van der Waals surface area contributed by atoms with Gasteiger partial charge in [0.2, 0.25) is 0 Å². The second-order valence-electron chi connectivity index (χ2n) is 4.84. The molecule has 0 aliphatic heterocycles. The third-order valence-corrected chi connectivity index (χ3v) is 3.08. The molecule has 0 aliphatic carbocycles. The summed E-state index contributed by atoms with van der Waals surface area (Å²) >= 11 is 0. The van der Waals surface area contributed by atoms with Crippen LogP contribution in [0.25, 0.3) is 0 Å².